The number of phenols is 1. The molecule has 0 saturated heterocycles. The molecule has 4 nitrogen and oxygen atoms in total. The quantitative estimate of drug-likeness (QED) is 0.748. The van der Waals surface area contributed by atoms with E-state index in [0.29, 0.717) is 5.56 Å². The van der Waals surface area contributed by atoms with Gasteiger partial charge < -0.3 is 15.9 Å². The lowest BCUT2D eigenvalue weighted by Crippen LogP contribution is -2.22. The molecule has 1 unspecified atom stereocenters. The summed E-state index contributed by atoms with van der Waals surface area (Å²) in [7, 11) is 0. The summed E-state index contributed by atoms with van der Waals surface area (Å²) in [5.74, 6) is -1.84. The summed E-state index contributed by atoms with van der Waals surface area (Å²) in [6.45, 7) is 5.86. The highest BCUT2D eigenvalue weighted by molar-refractivity contribution is 5.77. The minimum absolute atomic E-state index is 0.0313. The van der Waals surface area contributed by atoms with Crippen LogP contribution in [0.4, 0.5) is 0 Å². The van der Waals surface area contributed by atoms with Gasteiger partial charge >= 0.3 is 5.97 Å². The van der Waals surface area contributed by atoms with E-state index in [1.165, 1.54) is 0 Å². The Morgan fingerprint density at radius 2 is 2.00 bits per heavy atom. The third-order valence-corrected chi connectivity index (χ3v) is 2.78. The Morgan fingerprint density at radius 3 is 2.41 bits per heavy atom. The maximum absolute atomic E-state index is 11.1. The highest BCUT2D eigenvalue weighted by Crippen LogP contribution is 2.36. The molecule has 0 heterocycles. The van der Waals surface area contributed by atoms with Crippen molar-refractivity contribution in [2.45, 2.75) is 32.1 Å². The van der Waals surface area contributed by atoms with E-state index in [0.717, 1.165) is 5.56 Å². The SMILES string of the molecule is CC(C)(C)c1cccc(C(CN)C(=O)O)c1O. The van der Waals surface area contributed by atoms with Crippen LogP contribution in [0.15, 0.2) is 18.2 Å². The lowest BCUT2D eigenvalue weighted by atomic mass is 9.83. The van der Waals surface area contributed by atoms with E-state index in [2.05, 4.69) is 0 Å². The Labute approximate surface area is 101 Å². The third kappa shape index (κ3) is 2.77. The van der Waals surface area contributed by atoms with Gasteiger partial charge in [0.1, 0.15) is 5.75 Å². The molecule has 0 aliphatic carbocycles. The molecule has 1 aromatic carbocycles. The fourth-order valence-electron chi connectivity index (χ4n) is 1.81. The molecular weight excluding hydrogens is 218 g/mol. The maximum atomic E-state index is 11.1. The van der Waals surface area contributed by atoms with Crippen molar-refractivity contribution in [2.75, 3.05) is 6.54 Å². The van der Waals surface area contributed by atoms with Gasteiger partial charge in [-0.1, -0.05) is 39.0 Å². The fraction of sp³-hybridized carbons (Fsp3) is 0.462. The lowest BCUT2D eigenvalue weighted by Gasteiger charge is -2.23. The average Bonchev–Trinajstić information content (AvgIpc) is 2.19. The zero-order valence-electron chi connectivity index (χ0n) is 10.4. The highest BCUT2D eigenvalue weighted by atomic mass is 16.4. The van der Waals surface area contributed by atoms with Crippen molar-refractivity contribution in [2.24, 2.45) is 5.73 Å². The van der Waals surface area contributed by atoms with Gasteiger partial charge in [0.25, 0.3) is 0 Å². The zero-order valence-corrected chi connectivity index (χ0v) is 10.4. The molecule has 0 spiro atoms. The van der Waals surface area contributed by atoms with E-state index in [4.69, 9.17) is 10.8 Å². The van der Waals surface area contributed by atoms with Crippen LogP contribution >= 0.6 is 0 Å². The molecule has 0 saturated carbocycles. The number of benzene rings is 1. The second-order valence-electron chi connectivity index (χ2n) is 5.12. The van der Waals surface area contributed by atoms with Crippen molar-refractivity contribution < 1.29 is 15.0 Å². The largest absolute Gasteiger partial charge is 0.507 e. The molecule has 4 heteroatoms. The van der Waals surface area contributed by atoms with E-state index in [1.54, 1.807) is 18.2 Å². The van der Waals surface area contributed by atoms with Crippen molar-refractivity contribution in [3.8, 4) is 5.75 Å². The van der Waals surface area contributed by atoms with Gasteiger partial charge in [-0.3, -0.25) is 4.79 Å². The van der Waals surface area contributed by atoms with Gasteiger partial charge in [-0.05, 0) is 11.0 Å². The molecule has 1 atom stereocenters. The number of nitrogens with two attached hydrogens (primary N) is 1. The van der Waals surface area contributed by atoms with Crippen LogP contribution in [0.3, 0.4) is 0 Å². The fourth-order valence-corrected chi connectivity index (χ4v) is 1.81. The number of hydrogen-bond acceptors (Lipinski definition) is 3. The molecule has 0 radical (unpaired) electrons. The maximum Gasteiger partial charge on any atom is 0.312 e. The minimum Gasteiger partial charge on any atom is -0.507 e. The monoisotopic (exact) mass is 237 g/mol. The minimum atomic E-state index is -1.02. The van der Waals surface area contributed by atoms with Crippen LogP contribution in [0.25, 0.3) is 0 Å². The van der Waals surface area contributed by atoms with Crippen LogP contribution in [-0.4, -0.2) is 22.7 Å². The number of carbonyl (C=O) groups is 1. The molecule has 94 valence electrons. The number of aromatic hydroxyl groups is 1. The van der Waals surface area contributed by atoms with Gasteiger partial charge in [0, 0.05) is 12.1 Å². The Morgan fingerprint density at radius 1 is 1.41 bits per heavy atom. The Hall–Kier alpha value is -1.55. The molecule has 4 N–H and O–H groups in total. The second kappa shape index (κ2) is 4.75. The Balaban J connectivity index is 3.32. The molecule has 0 bridgehead atoms. The summed E-state index contributed by atoms with van der Waals surface area (Å²) in [6.07, 6.45) is 0. The summed E-state index contributed by atoms with van der Waals surface area (Å²) in [5.41, 5.74) is 6.32. The van der Waals surface area contributed by atoms with Crippen LogP contribution in [0.2, 0.25) is 0 Å². The summed E-state index contributed by atoms with van der Waals surface area (Å²) >= 11 is 0. The molecule has 17 heavy (non-hydrogen) atoms. The van der Waals surface area contributed by atoms with Gasteiger partial charge in [-0.25, -0.2) is 0 Å². The van der Waals surface area contributed by atoms with Crippen LogP contribution < -0.4 is 5.73 Å². The molecule has 0 aliphatic rings. The van der Waals surface area contributed by atoms with E-state index >= 15 is 0 Å². The van der Waals surface area contributed by atoms with Gasteiger partial charge in [-0.15, -0.1) is 0 Å². The van der Waals surface area contributed by atoms with Gasteiger partial charge in [0.15, 0.2) is 0 Å². The number of aliphatic carboxylic acids is 1. The Bertz CT molecular complexity index is 421. The predicted octanol–water partition coefficient (Wildman–Crippen LogP) is 1.82. The van der Waals surface area contributed by atoms with Crippen LogP contribution in [0.1, 0.15) is 37.8 Å². The zero-order chi connectivity index (χ0) is 13.2. The summed E-state index contributed by atoms with van der Waals surface area (Å²) in [4.78, 5) is 11.1. The van der Waals surface area contributed by atoms with Crippen molar-refractivity contribution in [1.29, 1.82) is 0 Å². The van der Waals surface area contributed by atoms with Gasteiger partial charge in [0.05, 0.1) is 5.92 Å². The topological polar surface area (TPSA) is 83.6 Å². The number of carboxylic acids is 1. The average molecular weight is 237 g/mol. The number of carboxylic acid groups (broad SMARTS) is 1. The molecular formula is C13H19NO3. The van der Waals surface area contributed by atoms with Gasteiger partial charge in [-0.2, -0.15) is 0 Å². The van der Waals surface area contributed by atoms with E-state index in [9.17, 15) is 9.90 Å². The van der Waals surface area contributed by atoms with E-state index in [1.807, 2.05) is 20.8 Å². The Kier molecular flexibility index (Phi) is 3.78. The van der Waals surface area contributed by atoms with Crippen LogP contribution in [-0.2, 0) is 10.2 Å². The number of hydrogen-bond donors (Lipinski definition) is 3. The van der Waals surface area contributed by atoms with Crippen molar-refractivity contribution in [3.05, 3.63) is 29.3 Å². The normalized spacial score (nSPS) is 13.4. The van der Waals surface area contributed by atoms with Crippen LogP contribution in [0, 0.1) is 0 Å². The number of para-hydroxylation sites is 1. The van der Waals surface area contributed by atoms with E-state index < -0.39 is 11.9 Å². The number of rotatable bonds is 3. The summed E-state index contributed by atoms with van der Waals surface area (Å²) < 4.78 is 0. The molecule has 0 amide bonds. The third-order valence-electron chi connectivity index (χ3n) is 2.78. The van der Waals surface area contributed by atoms with Gasteiger partial charge in [0.2, 0.25) is 0 Å². The smallest absolute Gasteiger partial charge is 0.312 e. The van der Waals surface area contributed by atoms with Crippen molar-refractivity contribution in [1.82, 2.24) is 0 Å². The number of phenolic OH excluding ortho intramolecular Hbond substituents is 1. The first kappa shape index (κ1) is 13.5. The summed E-state index contributed by atoms with van der Waals surface area (Å²) in [5, 5.41) is 19.2. The lowest BCUT2D eigenvalue weighted by molar-refractivity contribution is -0.138. The molecule has 0 aliphatic heterocycles. The van der Waals surface area contributed by atoms with Crippen molar-refractivity contribution >= 4 is 5.97 Å². The first-order valence-corrected chi connectivity index (χ1v) is 5.54. The first-order valence-electron chi connectivity index (χ1n) is 5.54. The highest BCUT2D eigenvalue weighted by Gasteiger charge is 2.26. The van der Waals surface area contributed by atoms with Crippen molar-refractivity contribution in [3.63, 3.8) is 0 Å². The molecule has 0 aromatic heterocycles. The molecule has 1 aromatic rings. The second-order valence-corrected chi connectivity index (χ2v) is 5.12. The predicted molar refractivity (Wildman–Crippen MR) is 66.2 cm³/mol. The summed E-state index contributed by atoms with van der Waals surface area (Å²) in [6, 6.07) is 5.16. The first-order chi connectivity index (χ1) is 7.79. The van der Waals surface area contributed by atoms with Crippen LogP contribution in [0.5, 0.6) is 5.75 Å². The molecule has 0 fully saturated rings. The molecule has 1 rings (SSSR count). The van der Waals surface area contributed by atoms with E-state index in [-0.39, 0.29) is 17.7 Å². The standard InChI is InChI=1S/C13H19NO3/c1-13(2,3)10-6-4-5-8(11(10)15)9(7-14)12(16)17/h4-6,9,15H,7,14H2,1-3H3,(H,16,17).